The molecule has 0 spiro atoms. The third-order valence-electron chi connectivity index (χ3n) is 6.61. The highest BCUT2D eigenvalue weighted by Crippen LogP contribution is 2.33. The van der Waals surface area contributed by atoms with Gasteiger partial charge in [-0.05, 0) is 72.2 Å². The zero-order valence-corrected chi connectivity index (χ0v) is 17.3. The Kier molecular flexibility index (Phi) is 4.78. The maximum atomic E-state index is 13.3. The minimum absolute atomic E-state index is 0.0228. The molecule has 4 nitrogen and oxygen atoms in total. The van der Waals surface area contributed by atoms with Gasteiger partial charge in [0.25, 0.3) is 11.8 Å². The third-order valence-corrected chi connectivity index (χ3v) is 6.61. The first-order valence-corrected chi connectivity index (χ1v) is 10.8. The minimum atomic E-state index is -0.0228. The van der Waals surface area contributed by atoms with E-state index in [4.69, 9.17) is 0 Å². The van der Waals surface area contributed by atoms with Crippen molar-refractivity contribution < 1.29 is 9.59 Å². The van der Waals surface area contributed by atoms with Gasteiger partial charge in [-0.15, -0.1) is 0 Å². The highest BCUT2D eigenvalue weighted by atomic mass is 16.2. The number of likely N-dealkylation sites (tertiary alicyclic amines) is 1. The number of nitrogens with one attached hydrogen (secondary N) is 1. The number of amides is 2. The number of benzene rings is 3. The topological polar surface area (TPSA) is 49.4 Å². The van der Waals surface area contributed by atoms with Crippen molar-refractivity contribution in [1.29, 1.82) is 0 Å². The van der Waals surface area contributed by atoms with Crippen molar-refractivity contribution in [3.8, 4) is 0 Å². The average Bonchev–Trinajstić information content (AvgIpc) is 3.19. The monoisotopic (exact) mass is 398 g/mol. The summed E-state index contributed by atoms with van der Waals surface area (Å²) in [4.78, 5) is 27.8. The fourth-order valence-electron chi connectivity index (χ4n) is 4.92. The van der Waals surface area contributed by atoms with Crippen molar-refractivity contribution >= 4 is 22.6 Å². The molecule has 1 aliphatic carbocycles. The molecule has 1 heterocycles. The van der Waals surface area contributed by atoms with E-state index >= 15 is 0 Å². The second kappa shape index (κ2) is 7.60. The van der Waals surface area contributed by atoms with Gasteiger partial charge in [-0.3, -0.25) is 9.59 Å². The predicted molar refractivity (Wildman–Crippen MR) is 119 cm³/mol. The largest absolute Gasteiger partial charge is 0.349 e. The standard InChI is InChI=1S/C26H26N2O2/c1-17-5-2-3-7-21(17)25(29)27-20-13-15-28(16-14-20)26(30)23-12-11-19-10-9-18-6-4-8-22(23)24(18)19/h2-8,11-12,20H,9-10,13-16H2,1H3,(H,27,29). The van der Waals surface area contributed by atoms with E-state index in [0.29, 0.717) is 13.1 Å². The van der Waals surface area contributed by atoms with Crippen LogP contribution < -0.4 is 5.32 Å². The summed E-state index contributed by atoms with van der Waals surface area (Å²) in [5.74, 6) is 0.0830. The van der Waals surface area contributed by atoms with Crippen LogP contribution in [0, 0.1) is 6.92 Å². The van der Waals surface area contributed by atoms with Crippen LogP contribution in [0.15, 0.2) is 54.6 Å². The molecule has 4 heteroatoms. The van der Waals surface area contributed by atoms with Crippen LogP contribution in [0.3, 0.4) is 0 Å². The number of aryl methyl sites for hydroxylation is 3. The van der Waals surface area contributed by atoms with Gasteiger partial charge in [-0.2, -0.15) is 0 Å². The number of hydrogen-bond acceptors (Lipinski definition) is 2. The molecule has 3 aromatic rings. The van der Waals surface area contributed by atoms with Crippen molar-refractivity contribution in [2.24, 2.45) is 0 Å². The number of carbonyl (C=O) groups is 2. The third kappa shape index (κ3) is 3.26. The van der Waals surface area contributed by atoms with E-state index in [1.54, 1.807) is 0 Å². The molecular formula is C26H26N2O2. The van der Waals surface area contributed by atoms with Crippen LogP contribution in [0.2, 0.25) is 0 Å². The Balaban J connectivity index is 1.28. The van der Waals surface area contributed by atoms with Gasteiger partial charge >= 0.3 is 0 Å². The highest BCUT2D eigenvalue weighted by molar-refractivity contribution is 6.09. The van der Waals surface area contributed by atoms with E-state index < -0.39 is 0 Å². The molecule has 5 rings (SSSR count). The Morgan fingerprint density at radius 2 is 1.60 bits per heavy atom. The van der Waals surface area contributed by atoms with Crippen LogP contribution in [0.5, 0.6) is 0 Å². The molecule has 30 heavy (non-hydrogen) atoms. The smallest absolute Gasteiger partial charge is 0.254 e. The first-order chi connectivity index (χ1) is 14.6. The molecule has 0 bridgehead atoms. The van der Waals surface area contributed by atoms with Crippen LogP contribution in [0.25, 0.3) is 10.8 Å². The van der Waals surface area contributed by atoms with Crippen LogP contribution >= 0.6 is 0 Å². The van der Waals surface area contributed by atoms with E-state index in [1.807, 2.05) is 42.2 Å². The molecule has 0 radical (unpaired) electrons. The number of nitrogens with zero attached hydrogens (tertiary/aromatic N) is 1. The lowest BCUT2D eigenvalue weighted by atomic mass is 9.97. The summed E-state index contributed by atoms with van der Waals surface area (Å²) in [6, 6.07) is 18.2. The van der Waals surface area contributed by atoms with Crippen LogP contribution in [-0.4, -0.2) is 35.8 Å². The molecule has 2 aliphatic rings. The lowest BCUT2D eigenvalue weighted by Crippen LogP contribution is -2.46. The molecule has 2 amide bonds. The maximum absolute atomic E-state index is 13.3. The molecule has 1 saturated heterocycles. The normalized spacial score (nSPS) is 16.1. The van der Waals surface area contributed by atoms with Crippen molar-refractivity contribution in [2.45, 2.75) is 38.6 Å². The molecule has 152 valence electrons. The lowest BCUT2D eigenvalue weighted by molar-refractivity contribution is 0.0700. The van der Waals surface area contributed by atoms with Crippen molar-refractivity contribution in [3.63, 3.8) is 0 Å². The summed E-state index contributed by atoms with van der Waals surface area (Å²) in [6.45, 7) is 3.29. The van der Waals surface area contributed by atoms with E-state index in [0.717, 1.165) is 47.8 Å². The second-order valence-electron chi connectivity index (χ2n) is 8.47. The SMILES string of the molecule is Cc1ccccc1C(=O)NC1CCN(C(=O)c2ccc3c4c(cccc24)CC3)CC1. The summed E-state index contributed by atoms with van der Waals surface area (Å²) in [5.41, 5.74) is 5.23. The van der Waals surface area contributed by atoms with E-state index in [9.17, 15) is 9.59 Å². The minimum Gasteiger partial charge on any atom is -0.349 e. The van der Waals surface area contributed by atoms with Crippen molar-refractivity contribution in [1.82, 2.24) is 10.2 Å². The Morgan fingerprint density at radius 1 is 0.867 bits per heavy atom. The molecule has 0 aromatic heterocycles. The van der Waals surface area contributed by atoms with Crippen molar-refractivity contribution in [2.75, 3.05) is 13.1 Å². The van der Waals surface area contributed by atoms with Gasteiger partial charge in [0.1, 0.15) is 0 Å². The lowest BCUT2D eigenvalue weighted by Gasteiger charge is -2.33. The first-order valence-electron chi connectivity index (χ1n) is 10.8. The highest BCUT2D eigenvalue weighted by Gasteiger charge is 2.27. The van der Waals surface area contributed by atoms with E-state index in [1.165, 1.54) is 16.5 Å². The van der Waals surface area contributed by atoms with Gasteiger partial charge in [-0.25, -0.2) is 0 Å². The van der Waals surface area contributed by atoms with Gasteiger partial charge in [0.2, 0.25) is 0 Å². The fourth-order valence-corrected chi connectivity index (χ4v) is 4.92. The number of hydrogen-bond donors (Lipinski definition) is 1. The Morgan fingerprint density at radius 3 is 2.37 bits per heavy atom. The molecule has 3 aromatic carbocycles. The van der Waals surface area contributed by atoms with Crippen LogP contribution in [-0.2, 0) is 12.8 Å². The van der Waals surface area contributed by atoms with Gasteiger partial charge in [0.15, 0.2) is 0 Å². The molecule has 0 saturated carbocycles. The summed E-state index contributed by atoms with van der Waals surface area (Å²) >= 11 is 0. The average molecular weight is 399 g/mol. The Bertz CT molecular complexity index is 1130. The quantitative estimate of drug-likeness (QED) is 0.716. The number of piperidine rings is 1. The Labute approximate surface area is 176 Å². The summed E-state index contributed by atoms with van der Waals surface area (Å²) < 4.78 is 0. The van der Waals surface area contributed by atoms with E-state index in [-0.39, 0.29) is 17.9 Å². The number of carbonyl (C=O) groups excluding carboxylic acids is 2. The second-order valence-corrected chi connectivity index (χ2v) is 8.47. The van der Waals surface area contributed by atoms with Crippen LogP contribution in [0.4, 0.5) is 0 Å². The first kappa shape index (κ1) is 18.9. The zero-order valence-electron chi connectivity index (χ0n) is 17.3. The van der Waals surface area contributed by atoms with Gasteiger partial charge in [0, 0.05) is 30.3 Å². The zero-order chi connectivity index (χ0) is 20.7. The molecule has 1 fully saturated rings. The number of rotatable bonds is 3. The predicted octanol–water partition coefficient (Wildman–Crippen LogP) is 4.28. The Hall–Kier alpha value is -3.14. The maximum Gasteiger partial charge on any atom is 0.254 e. The van der Waals surface area contributed by atoms with Crippen LogP contribution in [0.1, 0.15) is 50.2 Å². The molecule has 0 atom stereocenters. The summed E-state index contributed by atoms with van der Waals surface area (Å²) in [5, 5.41) is 5.52. The van der Waals surface area contributed by atoms with Gasteiger partial charge in [-0.1, -0.05) is 42.5 Å². The van der Waals surface area contributed by atoms with Gasteiger partial charge < -0.3 is 10.2 Å². The van der Waals surface area contributed by atoms with Crippen molar-refractivity contribution in [3.05, 3.63) is 82.4 Å². The molecule has 1 aliphatic heterocycles. The summed E-state index contributed by atoms with van der Waals surface area (Å²) in [6.07, 6.45) is 3.70. The fraction of sp³-hybridized carbons (Fsp3) is 0.308. The van der Waals surface area contributed by atoms with Gasteiger partial charge in [0.05, 0.1) is 0 Å². The van der Waals surface area contributed by atoms with E-state index in [2.05, 4.69) is 29.6 Å². The molecular weight excluding hydrogens is 372 g/mol. The molecule has 0 unspecified atom stereocenters. The summed E-state index contributed by atoms with van der Waals surface area (Å²) in [7, 11) is 0. The molecule has 1 N–H and O–H groups in total.